The highest BCUT2D eigenvalue weighted by atomic mass is 15.2. The molecule has 0 bridgehead atoms. The molecule has 0 spiro atoms. The van der Waals surface area contributed by atoms with E-state index in [4.69, 9.17) is 0 Å². The maximum absolute atomic E-state index is 4.05. The molecule has 4 nitrogen and oxygen atoms in total. The van der Waals surface area contributed by atoms with E-state index in [0.717, 1.165) is 31.7 Å². The molecule has 90 valence electrons. The highest BCUT2D eigenvalue weighted by Crippen LogP contribution is 2.15. The second-order valence-electron chi connectivity index (χ2n) is 4.88. The van der Waals surface area contributed by atoms with Gasteiger partial charge in [0.1, 0.15) is 0 Å². The van der Waals surface area contributed by atoms with Crippen LogP contribution in [-0.4, -0.2) is 40.8 Å². The molecule has 0 unspecified atom stereocenters. The molecule has 17 heavy (non-hydrogen) atoms. The number of nitrogens with zero attached hydrogens (tertiary/aromatic N) is 2. The lowest BCUT2D eigenvalue weighted by atomic mass is 10.1. The third kappa shape index (κ3) is 2.33. The number of rotatable bonds is 2. The van der Waals surface area contributed by atoms with Gasteiger partial charge in [-0.05, 0) is 18.6 Å². The zero-order chi connectivity index (χ0) is 11.7. The summed E-state index contributed by atoms with van der Waals surface area (Å²) in [5.41, 5.74) is 2.49. The van der Waals surface area contributed by atoms with Crippen molar-refractivity contribution in [2.45, 2.75) is 19.5 Å². The number of fused-ring (bicyclic) bond motifs is 1. The average molecular weight is 230 g/mol. The molecular formula is C13H18N4. The lowest BCUT2D eigenvalue weighted by molar-refractivity contribution is 0.200. The molecule has 1 aromatic carbocycles. The quantitative estimate of drug-likeness (QED) is 0.818. The van der Waals surface area contributed by atoms with E-state index < -0.39 is 0 Å². The monoisotopic (exact) mass is 230 g/mol. The number of aromatic amines is 1. The first-order valence-corrected chi connectivity index (χ1v) is 6.19. The minimum atomic E-state index is 0.597. The topological polar surface area (TPSA) is 44.0 Å². The fraction of sp³-hybridized carbons (Fsp3) is 0.462. The van der Waals surface area contributed by atoms with Gasteiger partial charge in [0.25, 0.3) is 0 Å². The Kier molecular flexibility index (Phi) is 2.82. The van der Waals surface area contributed by atoms with Crippen molar-refractivity contribution in [3.63, 3.8) is 0 Å². The fourth-order valence-electron chi connectivity index (χ4n) is 2.50. The van der Waals surface area contributed by atoms with Gasteiger partial charge in [-0.1, -0.05) is 12.1 Å². The maximum Gasteiger partial charge on any atom is 0.0653 e. The standard InChI is InChI=1S/C13H18N4/c1-10-8-17(5-4-14-10)9-11-2-3-12-7-15-16-13(12)6-11/h2-3,6-7,10,14H,4-5,8-9H2,1H3,(H,15,16)/t10-/m0/s1. The molecular weight excluding hydrogens is 212 g/mol. The summed E-state index contributed by atoms with van der Waals surface area (Å²) >= 11 is 0. The molecule has 2 heterocycles. The van der Waals surface area contributed by atoms with E-state index in [1.165, 1.54) is 10.9 Å². The Morgan fingerprint density at radius 1 is 1.47 bits per heavy atom. The van der Waals surface area contributed by atoms with Gasteiger partial charge in [-0.25, -0.2) is 0 Å². The van der Waals surface area contributed by atoms with Gasteiger partial charge in [0.2, 0.25) is 0 Å². The Morgan fingerprint density at radius 3 is 3.29 bits per heavy atom. The third-order valence-corrected chi connectivity index (χ3v) is 3.37. The number of benzene rings is 1. The Morgan fingerprint density at radius 2 is 2.41 bits per heavy atom. The normalized spacial score (nSPS) is 22.1. The second-order valence-corrected chi connectivity index (χ2v) is 4.88. The molecule has 0 saturated carbocycles. The van der Waals surface area contributed by atoms with Gasteiger partial charge < -0.3 is 5.32 Å². The third-order valence-electron chi connectivity index (χ3n) is 3.37. The van der Waals surface area contributed by atoms with Gasteiger partial charge >= 0.3 is 0 Å². The molecule has 4 heteroatoms. The van der Waals surface area contributed by atoms with Crippen LogP contribution >= 0.6 is 0 Å². The average Bonchev–Trinajstić information content (AvgIpc) is 2.76. The second kappa shape index (κ2) is 4.47. The van der Waals surface area contributed by atoms with Gasteiger partial charge in [-0.2, -0.15) is 5.10 Å². The molecule has 2 N–H and O–H groups in total. The number of aromatic nitrogens is 2. The smallest absolute Gasteiger partial charge is 0.0653 e. The van der Waals surface area contributed by atoms with Crippen LogP contribution in [0, 0.1) is 0 Å². The van der Waals surface area contributed by atoms with Crippen molar-refractivity contribution in [2.75, 3.05) is 19.6 Å². The Labute approximate surface area is 101 Å². The summed E-state index contributed by atoms with van der Waals surface area (Å²) in [6.45, 7) is 6.62. The molecule has 0 radical (unpaired) electrons. The van der Waals surface area contributed by atoms with E-state index in [2.05, 4.69) is 45.5 Å². The number of hydrogen-bond acceptors (Lipinski definition) is 3. The number of H-pyrrole nitrogens is 1. The zero-order valence-corrected chi connectivity index (χ0v) is 10.1. The van der Waals surface area contributed by atoms with Crippen molar-refractivity contribution in [3.8, 4) is 0 Å². The molecule has 1 aromatic heterocycles. The lowest BCUT2D eigenvalue weighted by Crippen LogP contribution is -2.48. The Hall–Kier alpha value is -1.39. The van der Waals surface area contributed by atoms with E-state index in [-0.39, 0.29) is 0 Å². The van der Waals surface area contributed by atoms with Crippen molar-refractivity contribution >= 4 is 10.9 Å². The number of nitrogens with one attached hydrogen (secondary N) is 2. The first-order valence-electron chi connectivity index (χ1n) is 6.19. The van der Waals surface area contributed by atoms with Crippen molar-refractivity contribution in [2.24, 2.45) is 0 Å². The van der Waals surface area contributed by atoms with Crippen LogP contribution in [0.2, 0.25) is 0 Å². The van der Waals surface area contributed by atoms with Gasteiger partial charge in [-0.3, -0.25) is 10.00 Å². The fourth-order valence-corrected chi connectivity index (χ4v) is 2.50. The molecule has 2 aromatic rings. The minimum Gasteiger partial charge on any atom is -0.312 e. The molecule has 1 fully saturated rings. The van der Waals surface area contributed by atoms with Crippen LogP contribution in [0.1, 0.15) is 12.5 Å². The minimum absolute atomic E-state index is 0.597. The molecule has 1 saturated heterocycles. The summed E-state index contributed by atoms with van der Waals surface area (Å²) in [6.07, 6.45) is 1.87. The van der Waals surface area contributed by atoms with E-state index in [1.54, 1.807) is 0 Å². The summed E-state index contributed by atoms with van der Waals surface area (Å²) in [4.78, 5) is 2.50. The molecule has 3 rings (SSSR count). The highest BCUT2D eigenvalue weighted by molar-refractivity contribution is 5.78. The zero-order valence-electron chi connectivity index (χ0n) is 10.1. The van der Waals surface area contributed by atoms with Crippen LogP contribution in [0.4, 0.5) is 0 Å². The molecule has 1 aliphatic rings. The van der Waals surface area contributed by atoms with E-state index in [0.29, 0.717) is 6.04 Å². The van der Waals surface area contributed by atoms with Crippen LogP contribution < -0.4 is 5.32 Å². The van der Waals surface area contributed by atoms with Crippen molar-refractivity contribution < 1.29 is 0 Å². The first kappa shape index (κ1) is 10.7. The summed E-state index contributed by atoms with van der Waals surface area (Å²) in [5.74, 6) is 0. The molecule has 0 aliphatic carbocycles. The molecule has 1 atom stereocenters. The van der Waals surface area contributed by atoms with Gasteiger partial charge in [0, 0.05) is 37.6 Å². The Bertz CT molecular complexity index is 505. The highest BCUT2D eigenvalue weighted by Gasteiger charge is 2.15. The van der Waals surface area contributed by atoms with Crippen molar-refractivity contribution in [3.05, 3.63) is 30.0 Å². The summed E-state index contributed by atoms with van der Waals surface area (Å²) in [7, 11) is 0. The van der Waals surface area contributed by atoms with Gasteiger partial charge in [0.05, 0.1) is 11.7 Å². The Balaban J connectivity index is 1.75. The van der Waals surface area contributed by atoms with Crippen LogP contribution in [0.25, 0.3) is 10.9 Å². The number of hydrogen-bond donors (Lipinski definition) is 2. The lowest BCUT2D eigenvalue weighted by Gasteiger charge is -2.31. The van der Waals surface area contributed by atoms with E-state index in [9.17, 15) is 0 Å². The number of piperazine rings is 1. The van der Waals surface area contributed by atoms with Gasteiger partial charge in [-0.15, -0.1) is 0 Å². The summed E-state index contributed by atoms with van der Waals surface area (Å²) in [6, 6.07) is 7.14. The van der Waals surface area contributed by atoms with Crippen molar-refractivity contribution in [1.29, 1.82) is 0 Å². The van der Waals surface area contributed by atoms with Crippen LogP contribution in [-0.2, 0) is 6.54 Å². The van der Waals surface area contributed by atoms with E-state index >= 15 is 0 Å². The van der Waals surface area contributed by atoms with Crippen LogP contribution in [0.3, 0.4) is 0 Å². The SMILES string of the molecule is C[C@H]1CN(Cc2ccc3cn[nH]c3c2)CCN1. The maximum atomic E-state index is 4.05. The molecule has 0 amide bonds. The van der Waals surface area contributed by atoms with E-state index in [1.807, 2.05) is 6.20 Å². The first-order chi connectivity index (χ1) is 8.31. The van der Waals surface area contributed by atoms with Crippen LogP contribution in [0.15, 0.2) is 24.4 Å². The van der Waals surface area contributed by atoms with Crippen LogP contribution in [0.5, 0.6) is 0 Å². The summed E-state index contributed by atoms with van der Waals surface area (Å²) in [5, 5.41) is 11.7. The predicted molar refractivity (Wildman–Crippen MR) is 68.8 cm³/mol. The largest absolute Gasteiger partial charge is 0.312 e. The predicted octanol–water partition coefficient (Wildman–Crippen LogP) is 1.36. The molecule has 1 aliphatic heterocycles. The van der Waals surface area contributed by atoms with Gasteiger partial charge in [0.15, 0.2) is 0 Å². The van der Waals surface area contributed by atoms with Crippen molar-refractivity contribution in [1.82, 2.24) is 20.4 Å². The summed E-state index contributed by atoms with van der Waals surface area (Å²) < 4.78 is 0.